The fourth-order valence-corrected chi connectivity index (χ4v) is 3.63. The first-order chi connectivity index (χ1) is 13.9. The van der Waals surface area contributed by atoms with E-state index in [1.54, 1.807) is 30.3 Å². The molecule has 1 fully saturated rings. The Morgan fingerprint density at radius 1 is 1.03 bits per heavy atom. The number of hydrogen-bond donors (Lipinski definition) is 2. The van der Waals surface area contributed by atoms with Gasteiger partial charge in [-0.05, 0) is 42.7 Å². The maximum atomic E-state index is 13.5. The van der Waals surface area contributed by atoms with Gasteiger partial charge in [-0.1, -0.05) is 48.7 Å². The summed E-state index contributed by atoms with van der Waals surface area (Å²) in [6, 6.07) is 11.6. The van der Waals surface area contributed by atoms with Crippen LogP contribution in [0.4, 0.5) is 14.9 Å². The number of amides is 3. The van der Waals surface area contributed by atoms with E-state index in [-0.39, 0.29) is 5.69 Å². The third kappa shape index (κ3) is 4.92. The molecule has 3 rings (SSSR count). The largest absolute Gasteiger partial charge is 0.455 e. The molecule has 1 saturated carbocycles. The minimum atomic E-state index is -0.913. The van der Waals surface area contributed by atoms with Crippen molar-refractivity contribution < 1.29 is 23.5 Å². The molecule has 0 heterocycles. The van der Waals surface area contributed by atoms with Crippen molar-refractivity contribution >= 4 is 35.2 Å². The van der Waals surface area contributed by atoms with Gasteiger partial charge in [0.05, 0.1) is 11.1 Å². The van der Waals surface area contributed by atoms with Crippen LogP contribution < -0.4 is 10.6 Å². The molecule has 2 N–H and O–H groups in total. The van der Waals surface area contributed by atoms with Gasteiger partial charge in [-0.3, -0.25) is 14.9 Å². The first-order valence-corrected chi connectivity index (χ1v) is 9.57. The van der Waals surface area contributed by atoms with Crippen molar-refractivity contribution in [1.29, 1.82) is 0 Å². The molecule has 2 aromatic rings. The van der Waals surface area contributed by atoms with Gasteiger partial charge < -0.3 is 10.1 Å². The van der Waals surface area contributed by atoms with Crippen LogP contribution in [0.2, 0.25) is 5.02 Å². The van der Waals surface area contributed by atoms with Crippen molar-refractivity contribution in [2.45, 2.75) is 31.1 Å². The van der Waals surface area contributed by atoms with Crippen LogP contribution in [0, 0.1) is 5.82 Å². The molecule has 0 bridgehead atoms. The molecule has 1 aliphatic carbocycles. The summed E-state index contributed by atoms with van der Waals surface area (Å²) in [6.07, 6.45) is 2.97. The van der Waals surface area contributed by atoms with Crippen LogP contribution in [0.25, 0.3) is 0 Å². The zero-order chi connectivity index (χ0) is 20.9. The van der Waals surface area contributed by atoms with Crippen LogP contribution in [0.3, 0.4) is 0 Å². The number of carbonyl (C=O) groups excluding carboxylic acids is 3. The highest BCUT2D eigenvalue weighted by atomic mass is 35.5. The summed E-state index contributed by atoms with van der Waals surface area (Å²) in [5.41, 5.74) is -0.0927. The van der Waals surface area contributed by atoms with Crippen molar-refractivity contribution in [2.75, 3.05) is 11.9 Å². The van der Waals surface area contributed by atoms with Crippen molar-refractivity contribution in [2.24, 2.45) is 0 Å². The van der Waals surface area contributed by atoms with Crippen LogP contribution in [0.5, 0.6) is 0 Å². The van der Waals surface area contributed by atoms with E-state index in [0.717, 1.165) is 18.4 Å². The molecule has 6 nitrogen and oxygen atoms in total. The Kier molecular flexibility index (Phi) is 6.49. The summed E-state index contributed by atoms with van der Waals surface area (Å²) in [5, 5.41) is 4.80. The van der Waals surface area contributed by atoms with Gasteiger partial charge in [0, 0.05) is 5.02 Å². The first-order valence-electron chi connectivity index (χ1n) is 9.19. The van der Waals surface area contributed by atoms with Crippen molar-refractivity contribution in [3.05, 3.63) is 64.9 Å². The van der Waals surface area contributed by atoms with Crippen LogP contribution >= 0.6 is 11.6 Å². The average molecular weight is 419 g/mol. The number of esters is 1. The van der Waals surface area contributed by atoms with E-state index < -0.39 is 35.7 Å². The summed E-state index contributed by atoms with van der Waals surface area (Å²) < 4.78 is 18.8. The predicted molar refractivity (Wildman–Crippen MR) is 106 cm³/mol. The number of ether oxygens (including phenoxy) is 1. The summed E-state index contributed by atoms with van der Waals surface area (Å²) in [7, 11) is 0. The number of urea groups is 1. The molecular weight excluding hydrogens is 399 g/mol. The molecule has 1 aliphatic rings. The second kappa shape index (κ2) is 9.05. The smallest absolute Gasteiger partial charge is 0.326 e. The Morgan fingerprint density at radius 3 is 2.34 bits per heavy atom. The molecule has 8 heteroatoms. The number of carbonyl (C=O) groups is 3. The Hall–Kier alpha value is -2.93. The van der Waals surface area contributed by atoms with E-state index in [9.17, 15) is 18.8 Å². The molecular formula is C21H20ClFN2O4. The van der Waals surface area contributed by atoms with E-state index in [4.69, 9.17) is 16.3 Å². The van der Waals surface area contributed by atoms with Gasteiger partial charge in [-0.15, -0.1) is 0 Å². The fraction of sp³-hybridized carbons (Fsp3) is 0.286. The van der Waals surface area contributed by atoms with Gasteiger partial charge in [-0.2, -0.15) is 0 Å². The van der Waals surface area contributed by atoms with Crippen molar-refractivity contribution in [1.82, 2.24) is 5.32 Å². The van der Waals surface area contributed by atoms with Crippen molar-refractivity contribution in [3.8, 4) is 0 Å². The lowest BCUT2D eigenvalue weighted by Gasteiger charge is -2.27. The van der Waals surface area contributed by atoms with Crippen LogP contribution in [0.1, 0.15) is 31.2 Å². The summed E-state index contributed by atoms with van der Waals surface area (Å²) in [5.74, 6) is -1.95. The lowest BCUT2D eigenvalue weighted by molar-refractivity contribution is -0.154. The lowest BCUT2D eigenvalue weighted by atomic mass is 9.79. The molecule has 0 unspecified atom stereocenters. The molecule has 0 spiro atoms. The van der Waals surface area contributed by atoms with E-state index in [2.05, 4.69) is 5.32 Å². The van der Waals surface area contributed by atoms with Gasteiger partial charge in [0.1, 0.15) is 5.82 Å². The highest BCUT2D eigenvalue weighted by Gasteiger charge is 2.44. The summed E-state index contributed by atoms with van der Waals surface area (Å²) in [4.78, 5) is 36.6. The lowest BCUT2D eigenvalue weighted by Crippen LogP contribution is -2.40. The Morgan fingerprint density at radius 2 is 1.69 bits per heavy atom. The molecule has 2 aromatic carbocycles. The number of para-hydroxylation sites is 1. The summed E-state index contributed by atoms with van der Waals surface area (Å²) in [6.45, 7) is -0.612. The zero-order valence-electron chi connectivity index (χ0n) is 15.5. The van der Waals surface area contributed by atoms with Gasteiger partial charge >= 0.3 is 12.0 Å². The third-order valence-corrected chi connectivity index (χ3v) is 5.21. The van der Waals surface area contributed by atoms with Crippen LogP contribution in [0.15, 0.2) is 48.5 Å². The molecule has 152 valence electrons. The number of rotatable bonds is 5. The monoisotopic (exact) mass is 418 g/mol. The van der Waals surface area contributed by atoms with Crippen molar-refractivity contribution in [3.63, 3.8) is 0 Å². The Balaban J connectivity index is 1.57. The van der Waals surface area contributed by atoms with E-state index in [1.807, 2.05) is 5.32 Å². The number of halogens is 2. The number of imide groups is 1. The van der Waals surface area contributed by atoms with Gasteiger partial charge in [0.25, 0.3) is 5.91 Å². The molecule has 0 saturated heterocycles. The summed E-state index contributed by atoms with van der Waals surface area (Å²) >= 11 is 5.93. The maximum Gasteiger partial charge on any atom is 0.326 e. The zero-order valence-corrected chi connectivity index (χ0v) is 16.3. The number of benzene rings is 2. The van der Waals surface area contributed by atoms with E-state index in [0.29, 0.717) is 17.9 Å². The van der Waals surface area contributed by atoms with Crippen LogP contribution in [-0.2, 0) is 19.7 Å². The predicted octanol–water partition coefficient (Wildman–Crippen LogP) is 4.18. The molecule has 3 amide bonds. The second-order valence-corrected chi connectivity index (χ2v) is 7.29. The second-order valence-electron chi connectivity index (χ2n) is 6.85. The van der Waals surface area contributed by atoms with E-state index >= 15 is 0 Å². The maximum absolute atomic E-state index is 13.5. The first kappa shape index (κ1) is 20.8. The standard InChI is InChI=1S/C21H20ClFN2O4/c22-15-9-7-14(8-10-15)21(11-3-4-12-21)19(27)29-13-18(26)25-20(28)24-17-6-2-1-5-16(17)23/h1-2,5-10H,3-4,11-13H2,(H2,24,25,26,28). The highest BCUT2D eigenvalue weighted by Crippen LogP contribution is 2.42. The molecule has 0 aromatic heterocycles. The Bertz CT molecular complexity index is 911. The SMILES string of the molecule is O=C(COC(=O)C1(c2ccc(Cl)cc2)CCCC1)NC(=O)Nc1ccccc1F. The van der Waals surface area contributed by atoms with Crippen LogP contribution in [-0.4, -0.2) is 24.5 Å². The third-order valence-electron chi connectivity index (χ3n) is 4.95. The molecule has 29 heavy (non-hydrogen) atoms. The highest BCUT2D eigenvalue weighted by molar-refractivity contribution is 6.30. The normalized spacial score (nSPS) is 14.8. The van der Waals surface area contributed by atoms with Gasteiger partial charge in [-0.25, -0.2) is 9.18 Å². The number of anilines is 1. The minimum absolute atomic E-state index is 0.0672. The molecule has 0 aliphatic heterocycles. The fourth-order valence-electron chi connectivity index (χ4n) is 3.51. The molecule has 0 atom stereocenters. The quantitative estimate of drug-likeness (QED) is 0.713. The van der Waals surface area contributed by atoms with E-state index in [1.165, 1.54) is 18.2 Å². The Labute approximate surface area is 172 Å². The van der Waals surface area contributed by atoms with Gasteiger partial charge in [0.2, 0.25) is 0 Å². The molecule has 0 radical (unpaired) electrons. The number of hydrogen-bond acceptors (Lipinski definition) is 4. The average Bonchev–Trinajstić information content (AvgIpc) is 3.19. The minimum Gasteiger partial charge on any atom is -0.455 e. The topological polar surface area (TPSA) is 84.5 Å². The van der Waals surface area contributed by atoms with Gasteiger partial charge in [0.15, 0.2) is 6.61 Å². The number of nitrogens with one attached hydrogen (secondary N) is 2.